The van der Waals surface area contributed by atoms with Gasteiger partial charge < -0.3 is 24.2 Å². The maximum absolute atomic E-state index is 14.2. The highest BCUT2D eigenvalue weighted by molar-refractivity contribution is 6.99. The van der Waals surface area contributed by atoms with Gasteiger partial charge in [0.05, 0.1) is 35.1 Å². The molecule has 3 aromatic carbocycles. The van der Waals surface area contributed by atoms with Gasteiger partial charge in [-0.05, 0) is 70.4 Å². The average Bonchev–Trinajstić information content (AvgIpc) is 3.52. The van der Waals surface area contributed by atoms with E-state index in [9.17, 15) is 19.5 Å². The molecule has 53 heavy (non-hydrogen) atoms. The van der Waals surface area contributed by atoms with E-state index in [4.69, 9.17) is 25.7 Å². The molecule has 0 unspecified atom stereocenters. The SMILES string of the molecule is CC[C@@]1(O)C(=O)OCc2c1cc1n(c2=O)Cc2c-1nc1cc(Cl)c(C)c3c1c2[C@@H](NC(=O)CO[Si](c1ccccc1)(c1ccccc1)C(C)(C)C)CC3. The first-order valence-electron chi connectivity index (χ1n) is 18.2. The number of hydrogen-bond donors (Lipinski definition) is 2. The summed E-state index contributed by atoms with van der Waals surface area (Å²) in [5.74, 6) is -1.01. The minimum Gasteiger partial charge on any atom is -0.458 e. The molecule has 0 fully saturated rings. The van der Waals surface area contributed by atoms with E-state index in [1.165, 1.54) is 0 Å². The highest BCUT2D eigenvalue weighted by atomic mass is 35.5. The number of aliphatic hydroxyl groups is 1. The molecule has 2 N–H and O–H groups in total. The van der Waals surface area contributed by atoms with Crippen molar-refractivity contribution in [3.05, 3.63) is 122 Å². The summed E-state index contributed by atoms with van der Waals surface area (Å²) in [5, 5.41) is 18.2. The van der Waals surface area contributed by atoms with Crippen LogP contribution >= 0.6 is 11.6 Å². The summed E-state index contributed by atoms with van der Waals surface area (Å²) in [4.78, 5) is 46.1. The molecule has 0 saturated heterocycles. The van der Waals surface area contributed by atoms with Crippen molar-refractivity contribution in [1.82, 2.24) is 14.9 Å². The number of hydrogen-bond acceptors (Lipinski definition) is 7. The van der Waals surface area contributed by atoms with Gasteiger partial charge in [-0.15, -0.1) is 0 Å². The lowest BCUT2D eigenvalue weighted by molar-refractivity contribution is -0.172. The Morgan fingerprint density at radius 1 is 1.06 bits per heavy atom. The highest BCUT2D eigenvalue weighted by Crippen LogP contribution is 2.46. The van der Waals surface area contributed by atoms with Crippen LogP contribution in [0.5, 0.6) is 0 Å². The van der Waals surface area contributed by atoms with Crippen LogP contribution in [-0.2, 0) is 43.9 Å². The van der Waals surface area contributed by atoms with Crippen molar-refractivity contribution in [3.8, 4) is 11.4 Å². The maximum Gasteiger partial charge on any atom is 0.343 e. The van der Waals surface area contributed by atoms with E-state index in [0.717, 1.165) is 38.0 Å². The molecule has 8 rings (SSSR count). The molecule has 0 radical (unpaired) electrons. The molecule has 0 saturated carbocycles. The second-order valence-corrected chi connectivity index (χ2v) is 20.1. The summed E-state index contributed by atoms with van der Waals surface area (Å²) in [6.07, 6.45) is 1.35. The van der Waals surface area contributed by atoms with Crippen LogP contribution in [0.4, 0.5) is 0 Å². The van der Waals surface area contributed by atoms with E-state index < -0.39 is 25.9 Å². The number of halogens is 1. The van der Waals surface area contributed by atoms with Gasteiger partial charge in [-0.2, -0.15) is 0 Å². The van der Waals surface area contributed by atoms with Gasteiger partial charge in [0.25, 0.3) is 13.9 Å². The third kappa shape index (κ3) is 5.33. The predicted octanol–water partition coefficient (Wildman–Crippen LogP) is 5.72. The molecule has 9 nitrogen and oxygen atoms in total. The third-order valence-electron chi connectivity index (χ3n) is 11.5. The van der Waals surface area contributed by atoms with Crippen molar-refractivity contribution in [2.75, 3.05) is 6.61 Å². The second-order valence-electron chi connectivity index (χ2n) is 15.4. The quantitative estimate of drug-likeness (QED) is 0.158. The van der Waals surface area contributed by atoms with Crippen molar-refractivity contribution in [2.24, 2.45) is 0 Å². The molecule has 11 heteroatoms. The molecule has 1 aliphatic carbocycles. The van der Waals surface area contributed by atoms with Crippen LogP contribution in [0.15, 0.2) is 77.6 Å². The first kappa shape index (κ1) is 35.4. The van der Waals surface area contributed by atoms with Gasteiger partial charge in [-0.25, -0.2) is 9.78 Å². The third-order valence-corrected chi connectivity index (χ3v) is 16.9. The first-order chi connectivity index (χ1) is 25.3. The van der Waals surface area contributed by atoms with E-state index >= 15 is 0 Å². The molecule has 0 spiro atoms. The van der Waals surface area contributed by atoms with Crippen molar-refractivity contribution < 1.29 is 23.9 Å². The van der Waals surface area contributed by atoms with Crippen LogP contribution in [0.2, 0.25) is 10.1 Å². The van der Waals surface area contributed by atoms with E-state index in [1.54, 1.807) is 17.6 Å². The Labute approximate surface area is 314 Å². The normalized spacial score (nSPS) is 19.0. The van der Waals surface area contributed by atoms with Crippen LogP contribution in [0.1, 0.15) is 80.0 Å². The predicted molar refractivity (Wildman–Crippen MR) is 207 cm³/mol. The van der Waals surface area contributed by atoms with Gasteiger partial charge in [0.2, 0.25) is 5.91 Å². The van der Waals surface area contributed by atoms with E-state index in [0.29, 0.717) is 34.8 Å². The number of nitrogens with one attached hydrogen (secondary N) is 1. The zero-order valence-corrected chi connectivity index (χ0v) is 32.3. The number of carbonyl (C=O) groups excluding carboxylic acids is 2. The molecule has 3 aliphatic rings. The molecule has 4 heterocycles. The molecular weight excluding hydrogens is 706 g/mol. The Kier molecular flexibility index (Phi) is 8.53. The van der Waals surface area contributed by atoms with Crippen LogP contribution in [-0.4, -0.2) is 41.5 Å². The standard InChI is InChI=1S/C42H42ClN3O6Si/c1-6-42(50)30-19-34-38-28(21-46(34)39(48)29(30)22-51-40(42)49)37-32(18-17-27-24(2)31(43)20-33(45-38)36(27)37)44-35(47)23-52-53(41(3,4)5,25-13-9-7-10-14-25)26-15-11-8-12-16-26/h7-16,19-20,32,50H,6,17-18,21-23H2,1-5H3,(H,44,47)/t32-,42-/m0/s1. The van der Waals surface area contributed by atoms with Gasteiger partial charge in [-0.3, -0.25) is 9.59 Å². The number of aryl methyl sites for hydroxylation is 1. The largest absolute Gasteiger partial charge is 0.458 e. The fourth-order valence-electron chi connectivity index (χ4n) is 8.87. The van der Waals surface area contributed by atoms with Crippen molar-refractivity contribution >= 4 is 53.1 Å². The van der Waals surface area contributed by atoms with Crippen LogP contribution in [0.25, 0.3) is 22.3 Å². The number of aromatic nitrogens is 2. The Morgan fingerprint density at radius 3 is 2.34 bits per heavy atom. The molecule has 2 atom stereocenters. The number of fused-ring (bicyclic) bond motifs is 5. The van der Waals surface area contributed by atoms with Crippen molar-refractivity contribution in [1.29, 1.82) is 0 Å². The lowest BCUT2D eigenvalue weighted by atomic mass is 9.81. The Bertz CT molecular complexity index is 2350. The summed E-state index contributed by atoms with van der Waals surface area (Å²) in [5.41, 5.74) is 3.75. The number of cyclic esters (lactones) is 1. The fourth-order valence-corrected chi connectivity index (χ4v) is 13.6. The van der Waals surface area contributed by atoms with Crippen LogP contribution in [0, 0.1) is 6.92 Å². The number of amides is 1. The van der Waals surface area contributed by atoms with Crippen molar-refractivity contribution in [2.45, 2.75) is 83.7 Å². The van der Waals surface area contributed by atoms with Crippen LogP contribution < -0.4 is 21.2 Å². The molecule has 1 amide bonds. The Hall–Kier alpha value is -4.61. The van der Waals surface area contributed by atoms with E-state index in [2.05, 4.69) is 50.4 Å². The first-order valence-corrected chi connectivity index (χ1v) is 20.4. The molecular formula is C42H42ClN3O6Si. The van der Waals surface area contributed by atoms with E-state index in [-0.39, 0.29) is 53.8 Å². The monoisotopic (exact) mass is 747 g/mol. The number of carbonyl (C=O) groups is 2. The minimum atomic E-state index is -2.98. The minimum absolute atomic E-state index is 0.0489. The fraction of sp³-hybridized carbons (Fsp3) is 0.333. The second kappa shape index (κ2) is 12.8. The summed E-state index contributed by atoms with van der Waals surface area (Å²) in [6.45, 7) is 10.1. The van der Waals surface area contributed by atoms with Gasteiger partial charge in [-0.1, -0.05) is 100.0 Å². The smallest absolute Gasteiger partial charge is 0.343 e. The zero-order chi connectivity index (χ0) is 37.4. The Balaban J connectivity index is 1.21. The highest BCUT2D eigenvalue weighted by Gasteiger charge is 2.51. The lowest BCUT2D eigenvalue weighted by Gasteiger charge is -2.43. The average molecular weight is 748 g/mol. The number of pyridine rings is 2. The van der Waals surface area contributed by atoms with Gasteiger partial charge in [0.1, 0.15) is 13.2 Å². The number of rotatable bonds is 7. The molecule has 5 aromatic rings. The number of benzene rings is 3. The summed E-state index contributed by atoms with van der Waals surface area (Å²) < 4.78 is 13.9. The topological polar surface area (TPSA) is 120 Å². The number of esters is 1. The molecule has 2 aliphatic heterocycles. The summed E-state index contributed by atoms with van der Waals surface area (Å²) >= 11 is 6.77. The van der Waals surface area contributed by atoms with Crippen molar-refractivity contribution in [3.63, 3.8) is 0 Å². The zero-order valence-electron chi connectivity index (χ0n) is 30.5. The molecule has 0 bridgehead atoms. The lowest BCUT2D eigenvalue weighted by Crippen LogP contribution is -2.67. The van der Waals surface area contributed by atoms with Gasteiger partial charge in [0, 0.05) is 21.5 Å². The maximum atomic E-state index is 14.2. The number of nitrogens with zero attached hydrogens (tertiary/aromatic N) is 2. The summed E-state index contributed by atoms with van der Waals surface area (Å²) in [7, 11) is -2.98. The van der Waals surface area contributed by atoms with Crippen LogP contribution in [0.3, 0.4) is 0 Å². The Morgan fingerprint density at radius 2 is 1.72 bits per heavy atom. The summed E-state index contributed by atoms with van der Waals surface area (Å²) in [6, 6.07) is 23.6. The number of ether oxygens (including phenoxy) is 1. The molecule has 272 valence electrons. The molecule has 2 aromatic heterocycles. The van der Waals surface area contributed by atoms with Gasteiger partial charge in [0.15, 0.2) is 5.60 Å². The van der Waals surface area contributed by atoms with E-state index in [1.807, 2.05) is 49.4 Å². The van der Waals surface area contributed by atoms with Gasteiger partial charge >= 0.3 is 5.97 Å².